The molecule has 1 atom stereocenters. The van der Waals surface area contributed by atoms with Crippen molar-refractivity contribution in [2.24, 2.45) is 5.92 Å². The van der Waals surface area contributed by atoms with Gasteiger partial charge in [0.1, 0.15) is 5.75 Å². The monoisotopic (exact) mass is 386 g/mol. The van der Waals surface area contributed by atoms with E-state index in [-0.39, 0.29) is 30.0 Å². The summed E-state index contributed by atoms with van der Waals surface area (Å²) < 4.78 is 10.3. The maximum Gasteiger partial charge on any atom is 0.314 e. The molecule has 28 heavy (non-hydrogen) atoms. The molecule has 1 amide bonds. The van der Waals surface area contributed by atoms with Crippen LogP contribution in [-0.2, 0) is 11.2 Å². The zero-order chi connectivity index (χ0) is 20.7. The Morgan fingerprint density at radius 2 is 1.82 bits per heavy atom. The number of ether oxygens (including phenoxy) is 2. The van der Waals surface area contributed by atoms with Gasteiger partial charge < -0.3 is 14.8 Å². The number of nitrogens with one attached hydrogen (secondary N) is 1. The molecule has 0 aliphatic rings. The van der Waals surface area contributed by atoms with Gasteiger partial charge in [0.05, 0.1) is 24.1 Å². The number of hydrogen-bond donors (Lipinski definition) is 1. The van der Waals surface area contributed by atoms with Crippen molar-refractivity contribution in [3.63, 3.8) is 0 Å². The topological polar surface area (TPSA) is 90.7 Å². The van der Waals surface area contributed by atoms with Gasteiger partial charge >= 0.3 is 5.69 Å². The van der Waals surface area contributed by atoms with Crippen molar-refractivity contribution in [2.75, 3.05) is 13.7 Å². The van der Waals surface area contributed by atoms with Crippen LogP contribution in [0, 0.1) is 16.0 Å². The van der Waals surface area contributed by atoms with Crippen LogP contribution in [0.2, 0.25) is 0 Å². The lowest BCUT2D eigenvalue weighted by Gasteiger charge is -2.15. The van der Waals surface area contributed by atoms with Crippen molar-refractivity contribution in [1.82, 2.24) is 5.32 Å². The average molecular weight is 386 g/mol. The van der Waals surface area contributed by atoms with E-state index in [1.807, 2.05) is 19.1 Å². The predicted octanol–water partition coefficient (Wildman–Crippen LogP) is 4.06. The summed E-state index contributed by atoms with van der Waals surface area (Å²) >= 11 is 0. The molecule has 2 aromatic rings. The molecule has 0 unspecified atom stereocenters. The molecule has 0 aliphatic heterocycles. The fraction of sp³-hybridized carbons (Fsp3) is 0.381. The van der Waals surface area contributed by atoms with Gasteiger partial charge in [-0.2, -0.15) is 0 Å². The van der Waals surface area contributed by atoms with E-state index in [0.717, 1.165) is 12.0 Å². The lowest BCUT2D eigenvalue weighted by Crippen LogP contribution is -2.31. The van der Waals surface area contributed by atoms with Gasteiger partial charge in [-0.25, -0.2) is 0 Å². The summed E-state index contributed by atoms with van der Waals surface area (Å²) in [5, 5.41) is 14.0. The minimum Gasteiger partial charge on any atom is -0.496 e. The van der Waals surface area contributed by atoms with Crippen molar-refractivity contribution >= 4 is 11.6 Å². The molecule has 150 valence electrons. The Bertz CT molecular complexity index is 818. The van der Waals surface area contributed by atoms with Gasteiger partial charge in [-0.15, -0.1) is 0 Å². The minimum atomic E-state index is -0.572. The summed E-state index contributed by atoms with van der Waals surface area (Å²) in [6.07, 6.45) is 1.01. The van der Waals surface area contributed by atoms with Gasteiger partial charge in [0.2, 0.25) is 0 Å². The summed E-state index contributed by atoms with van der Waals surface area (Å²) in [4.78, 5) is 22.8. The van der Waals surface area contributed by atoms with E-state index in [0.29, 0.717) is 11.7 Å². The summed E-state index contributed by atoms with van der Waals surface area (Å²) in [5.41, 5.74) is 1.99. The second kappa shape index (κ2) is 9.73. The molecule has 7 heteroatoms. The number of nitrogens with zero attached hydrogens (tertiary/aromatic N) is 1. The zero-order valence-corrected chi connectivity index (χ0v) is 16.6. The van der Waals surface area contributed by atoms with Crippen molar-refractivity contribution in [3.05, 3.63) is 63.7 Å². The molecule has 0 heterocycles. The highest BCUT2D eigenvalue weighted by Gasteiger charge is 2.18. The quantitative estimate of drug-likeness (QED) is 0.518. The van der Waals surface area contributed by atoms with Gasteiger partial charge in [-0.1, -0.05) is 38.1 Å². The lowest BCUT2D eigenvalue weighted by molar-refractivity contribution is -0.385. The van der Waals surface area contributed by atoms with Crippen LogP contribution in [-0.4, -0.2) is 24.5 Å². The van der Waals surface area contributed by atoms with E-state index >= 15 is 0 Å². The lowest BCUT2D eigenvalue weighted by atomic mass is 10.00. The predicted molar refractivity (Wildman–Crippen MR) is 107 cm³/mol. The second-order valence-corrected chi connectivity index (χ2v) is 7.01. The van der Waals surface area contributed by atoms with E-state index in [4.69, 9.17) is 9.47 Å². The van der Waals surface area contributed by atoms with E-state index in [9.17, 15) is 14.9 Å². The summed E-state index contributed by atoms with van der Waals surface area (Å²) in [6.45, 7) is 5.90. The highest BCUT2D eigenvalue weighted by Crippen LogP contribution is 2.31. The molecule has 0 radical (unpaired) electrons. The number of methoxy groups -OCH3 is 1. The molecule has 0 spiro atoms. The van der Waals surface area contributed by atoms with Crippen LogP contribution in [0.15, 0.2) is 42.5 Å². The fourth-order valence-electron chi connectivity index (χ4n) is 2.81. The SMILES string of the molecule is COc1ccc(OCC(=O)N[C@H](C)c2ccc(CC(C)C)cc2)c([N+](=O)[O-])c1. The molecular formula is C21H26N2O5. The summed E-state index contributed by atoms with van der Waals surface area (Å²) in [7, 11) is 1.42. The number of benzene rings is 2. The molecule has 0 saturated heterocycles. The standard InChI is InChI=1S/C21H26N2O5/c1-14(2)11-16-5-7-17(8-6-16)15(3)22-21(24)13-28-20-10-9-18(27-4)12-19(20)23(25)26/h5-10,12,14-15H,11,13H2,1-4H3,(H,22,24)/t15-/m1/s1. The molecule has 0 aliphatic carbocycles. The highest BCUT2D eigenvalue weighted by molar-refractivity contribution is 5.78. The normalized spacial score (nSPS) is 11.8. The first-order valence-corrected chi connectivity index (χ1v) is 9.13. The molecule has 0 aromatic heterocycles. The molecule has 7 nitrogen and oxygen atoms in total. The fourth-order valence-corrected chi connectivity index (χ4v) is 2.81. The number of hydrogen-bond acceptors (Lipinski definition) is 5. The van der Waals surface area contributed by atoms with Crippen LogP contribution < -0.4 is 14.8 Å². The van der Waals surface area contributed by atoms with E-state index in [1.54, 1.807) is 6.07 Å². The largest absolute Gasteiger partial charge is 0.496 e. The third-order valence-corrected chi connectivity index (χ3v) is 4.22. The molecular weight excluding hydrogens is 360 g/mol. The van der Waals surface area contributed by atoms with Crippen LogP contribution in [0.5, 0.6) is 11.5 Å². The van der Waals surface area contributed by atoms with Gasteiger partial charge in [-0.3, -0.25) is 14.9 Å². The number of carbonyl (C=O) groups is 1. The second-order valence-electron chi connectivity index (χ2n) is 7.01. The van der Waals surface area contributed by atoms with Gasteiger partial charge in [0.25, 0.3) is 5.91 Å². The van der Waals surface area contributed by atoms with Crippen molar-refractivity contribution in [2.45, 2.75) is 33.2 Å². The third kappa shape index (κ3) is 5.97. The average Bonchev–Trinajstić information content (AvgIpc) is 2.66. The van der Waals surface area contributed by atoms with Crippen molar-refractivity contribution in [3.8, 4) is 11.5 Å². The first-order valence-electron chi connectivity index (χ1n) is 9.13. The Morgan fingerprint density at radius 1 is 1.14 bits per heavy atom. The highest BCUT2D eigenvalue weighted by atomic mass is 16.6. The number of nitro groups is 1. The Hall–Kier alpha value is -3.09. The van der Waals surface area contributed by atoms with Crippen LogP contribution in [0.4, 0.5) is 5.69 Å². The summed E-state index contributed by atoms with van der Waals surface area (Å²) in [5.74, 6) is 0.593. The molecule has 2 aromatic carbocycles. The number of carbonyl (C=O) groups excluding carboxylic acids is 1. The Labute approximate surface area is 164 Å². The Kier molecular flexibility index (Phi) is 7.37. The number of rotatable bonds is 9. The van der Waals surface area contributed by atoms with Gasteiger partial charge in [-0.05, 0) is 42.5 Å². The smallest absolute Gasteiger partial charge is 0.314 e. The number of nitro benzene ring substituents is 1. The van der Waals surface area contributed by atoms with Crippen molar-refractivity contribution in [1.29, 1.82) is 0 Å². The molecule has 0 fully saturated rings. The van der Waals surface area contributed by atoms with E-state index < -0.39 is 4.92 Å². The first-order chi connectivity index (χ1) is 13.3. The summed E-state index contributed by atoms with van der Waals surface area (Å²) in [6, 6.07) is 12.1. The number of amides is 1. The van der Waals surface area contributed by atoms with Crippen LogP contribution in [0.25, 0.3) is 0 Å². The van der Waals surface area contributed by atoms with Crippen LogP contribution in [0.3, 0.4) is 0 Å². The van der Waals surface area contributed by atoms with Crippen molar-refractivity contribution < 1.29 is 19.2 Å². The first kappa shape index (κ1) is 21.2. The van der Waals surface area contributed by atoms with Gasteiger partial charge in [0, 0.05) is 0 Å². The maximum absolute atomic E-state index is 12.2. The van der Waals surface area contributed by atoms with E-state index in [2.05, 4.69) is 31.3 Å². The Morgan fingerprint density at radius 3 is 2.39 bits per heavy atom. The van der Waals surface area contributed by atoms with Crippen LogP contribution >= 0.6 is 0 Å². The Balaban J connectivity index is 1.94. The van der Waals surface area contributed by atoms with E-state index in [1.165, 1.54) is 24.8 Å². The maximum atomic E-state index is 12.2. The molecule has 0 saturated carbocycles. The molecule has 0 bridgehead atoms. The zero-order valence-electron chi connectivity index (χ0n) is 16.6. The third-order valence-electron chi connectivity index (χ3n) is 4.22. The van der Waals surface area contributed by atoms with Crippen LogP contribution in [0.1, 0.15) is 37.9 Å². The molecule has 1 N–H and O–H groups in total. The minimum absolute atomic E-state index is 0.0200. The van der Waals surface area contributed by atoms with Gasteiger partial charge in [0.15, 0.2) is 12.4 Å². The molecule has 2 rings (SSSR count).